The van der Waals surface area contributed by atoms with Gasteiger partial charge in [0, 0.05) is 6.54 Å². The van der Waals surface area contributed by atoms with Gasteiger partial charge in [0.05, 0.1) is 7.11 Å². The van der Waals surface area contributed by atoms with Gasteiger partial charge in [-0.05, 0) is 24.1 Å². The second-order valence-corrected chi connectivity index (χ2v) is 4.35. The van der Waals surface area contributed by atoms with Gasteiger partial charge in [-0.1, -0.05) is 6.07 Å². The van der Waals surface area contributed by atoms with Gasteiger partial charge < -0.3 is 4.74 Å². The summed E-state index contributed by atoms with van der Waals surface area (Å²) >= 11 is 0. The molecular formula is C9H12NO4S. The van der Waals surface area contributed by atoms with Crippen LogP contribution in [0.2, 0.25) is 0 Å². The molecule has 1 radical (unpaired) electrons. The summed E-state index contributed by atoms with van der Waals surface area (Å²) in [5, 5.41) is 0. The lowest BCUT2D eigenvalue weighted by Gasteiger charge is -2.07. The Bertz CT molecular complexity index is 441. The molecule has 0 spiro atoms. The second kappa shape index (κ2) is 4.61. The van der Waals surface area contributed by atoms with Crippen LogP contribution in [0, 0.1) is 0 Å². The largest absolute Gasteiger partial charge is 0.495 e. The molecule has 0 atom stereocenters. The van der Waals surface area contributed by atoms with E-state index < -0.39 is 10.1 Å². The number of rotatable bonds is 4. The molecule has 0 unspecified atom stereocenters. The highest BCUT2D eigenvalue weighted by Gasteiger charge is 2.16. The van der Waals surface area contributed by atoms with Gasteiger partial charge in [0.2, 0.25) is 0 Å². The molecule has 0 bridgehead atoms. The number of hydrogen-bond donors (Lipinski definition) is 1. The molecule has 1 aromatic carbocycles. The Morgan fingerprint density at radius 1 is 1.47 bits per heavy atom. The van der Waals surface area contributed by atoms with Crippen molar-refractivity contribution in [3.05, 3.63) is 23.8 Å². The van der Waals surface area contributed by atoms with Crippen LogP contribution in [0.25, 0.3) is 0 Å². The predicted molar refractivity (Wildman–Crippen MR) is 54.5 cm³/mol. The molecule has 1 rings (SSSR count). The van der Waals surface area contributed by atoms with Crippen molar-refractivity contribution < 1.29 is 17.7 Å². The van der Waals surface area contributed by atoms with Crippen molar-refractivity contribution in [2.24, 2.45) is 0 Å². The lowest BCUT2D eigenvalue weighted by molar-refractivity contribution is 0.397. The Morgan fingerprint density at radius 3 is 2.60 bits per heavy atom. The molecule has 0 saturated heterocycles. The standard InChI is InChI=1S/C9H12NO4S/c1-14-8-3-2-7(4-5-10)6-9(8)15(11,12)13/h2-3,6,10H,4-5H2,1H3,(H,11,12,13). The molecule has 83 valence electrons. The van der Waals surface area contributed by atoms with Gasteiger partial charge >= 0.3 is 0 Å². The highest BCUT2D eigenvalue weighted by atomic mass is 32.2. The minimum atomic E-state index is -4.27. The zero-order valence-electron chi connectivity index (χ0n) is 8.23. The maximum Gasteiger partial charge on any atom is 0.298 e. The van der Waals surface area contributed by atoms with Crippen LogP contribution in [0.5, 0.6) is 5.75 Å². The van der Waals surface area contributed by atoms with Crippen molar-refractivity contribution in [2.45, 2.75) is 11.3 Å². The summed E-state index contributed by atoms with van der Waals surface area (Å²) in [5.74, 6) is 0.103. The first-order valence-electron chi connectivity index (χ1n) is 4.28. The predicted octanol–water partition coefficient (Wildman–Crippen LogP) is 0.767. The Labute approximate surface area is 88.6 Å². The highest BCUT2D eigenvalue weighted by Crippen LogP contribution is 2.24. The first kappa shape index (κ1) is 12.0. The third kappa shape index (κ3) is 2.92. The number of hydrogen-bond acceptors (Lipinski definition) is 3. The zero-order valence-corrected chi connectivity index (χ0v) is 9.04. The first-order valence-corrected chi connectivity index (χ1v) is 5.72. The quantitative estimate of drug-likeness (QED) is 0.774. The van der Waals surface area contributed by atoms with Crippen LogP contribution in [0.3, 0.4) is 0 Å². The van der Waals surface area contributed by atoms with Gasteiger partial charge in [0.25, 0.3) is 10.1 Å². The molecule has 0 aliphatic carbocycles. The fraction of sp³-hybridized carbons (Fsp3) is 0.333. The smallest absolute Gasteiger partial charge is 0.298 e. The summed E-state index contributed by atoms with van der Waals surface area (Å²) in [6.07, 6.45) is 0.437. The number of benzene rings is 1. The lowest BCUT2D eigenvalue weighted by Crippen LogP contribution is -2.03. The van der Waals surface area contributed by atoms with Crippen LogP contribution < -0.4 is 10.5 Å². The van der Waals surface area contributed by atoms with E-state index in [2.05, 4.69) is 0 Å². The van der Waals surface area contributed by atoms with Crippen LogP contribution >= 0.6 is 0 Å². The molecule has 0 aromatic heterocycles. The van der Waals surface area contributed by atoms with Crippen molar-refractivity contribution in [1.29, 1.82) is 0 Å². The molecule has 5 nitrogen and oxygen atoms in total. The van der Waals surface area contributed by atoms with Crippen molar-refractivity contribution in [2.75, 3.05) is 13.7 Å². The fourth-order valence-electron chi connectivity index (χ4n) is 1.22. The normalized spacial score (nSPS) is 11.4. The molecule has 0 heterocycles. The molecule has 0 amide bonds. The van der Waals surface area contributed by atoms with E-state index in [9.17, 15) is 8.42 Å². The SMILES string of the molecule is COc1ccc(CC[NH])cc1S(=O)(=O)O. The summed E-state index contributed by atoms with van der Waals surface area (Å²) in [5.41, 5.74) is 7.70. The maximum atomic E-state index is 11.0. The molecule has 6 heteroatoms. The Hall–Kier alpha value is -1.11. The zero-order chi connectivity index (χ0) is 11.5. The minimum Gasteiger partial charge on any atom is -0.495 e. The van der Waals surface area contributed by atoms with E-state index >= 15 is 0 Å². The van der Waals surface area contributed by atoms with Gasteiger partial charge in [-0.2, -0.15) is 8.42 Å². The number of ether oxygens (including phenoxy) is 1. The van der Waals surface area contributed by atoms with E-state index in [0.717, 1.165) is 0 Å². The Kier molecular flexibility index (Phi) is 3.67. The first-order chi connectivity index (χ1) is 6.99. The van der Waals surface area contributed by atoms with E-state index in [1.807, 2.05) is 0 Å². The van der Waals surface area contributed by atoms with Crippen molar-refractivity contribution in [3.8, 4) is 5.75 Å². The fourth-order valence-corrected chi connectivity index (χ4v) is 1.93. The van der Waals surface area contributed by atoms with Crippen LogP contribution in [0.4, 0.5) is 0 Å². The third-order valence-electron chi connectivity index (χ3n) is 1.92. The van der Waals surface area contributed by atoms with E-state index in [-0.39, 0.29) is 17.2 Å². The summed E-state index contributed by atoms with van der Waals surface area (Å²) in [6, 6.07) is 4.46. The van der Waals surface area contributed by atoms with Crippen molar-refractivity contribution >= 4 is 10.1 Å². The highest BCUT2D eigenvalue weighted by molar-refractivity contribution is 7.86. The summed E-state index contributed by atoms with van der Waals surface area (Å²) in [7, 11) is -2.95. The van der Waals surface area contributed by atoms with E-state index in [4.69, 9.17) is 15.0 Å². The molecule has 2 N–H and O–H groups in total. The van der Waals surface area contributed by atoms with E-state index in [1.165, 1.54) is 19.2 Å². The Balaban J connectivity index is 3.26. The summed E-state index contributed by atoms with van der Waals surface area (Å²) in [4.78, 5) is -0.254. The third-order valence-corrected chi connectivity index (χ3v) is 2.79. The second-order valence-electron chi connectivity index (χ2n) is 2.96. The van der Waals surface area contributed by atoms with E-state index in [1.54, 1.807) is 6.07 Å². The van der Waals surface area contributed by atoms with E-state index in [0.29, 0.717) is 12.0 Å². The average molecular weight is 230 g/mol. The molecule has 0 fully saturated rings. The topological polar surface area (TPSA) is 87.4 Å². The van der Waals surface area contributed by atoms with Gasteiger partial charge in [-0.25, -0.2) is 0 Å². The van der Waals surface area contributed by atoms with Gasteiger partial charge in [0.15, 0.2) is 0 Å². The molecule has 0 aliphatic heterocycles. The van der Waals surface area contributed by atoms with Crippen LogP contribution in [-0.4, -0.2) is 26.6 Å². The molecule has 15 heavy (non-hydrogen) atoms. The number of methoxy groups -OCH3 is 1. The minimum absolute atomic E-state index is 0.103. The van der Waals surface area contributed by atoms with Gasteiger partial charge in [0.1, 0.15) is 10.6 Å². The molecule has 0 aliphatic rings. The average Bonchev–Trinajstić information content (AvgIpc) is 2.17. The summed E-state index contributed by atoms with van der Waals surface area (Å²) in [6.45, 7) is 0.164. The Morgan fingerprint density at radius 2 is 2.13 bits per heavy atom. The molecular weight excluding hydrogens is 218 g/mol. The van der Waals surface area contributed by atoms with Gasteiger partial charge in [-0.3, -0.25) is 10.3 Å². The van der Waals surface area contributed by atoms with Gasteiger partial charge in [-0.15, -0.1) is 0 Å². The lowest BCUT2D eigenvalue weighted by atomic mass is 10.1. The molecule has 0 saturated carbocycles. The van der Waals surface area contributed by atoms with Crippen LogP contribution in [0.1, 0.15) is 5.56 Å². The maximum absolute atomic E-state index is 11.0. The molecule has 1 aromatic rings. The van der Waals surface area contributed by atoms with Crippen LogP contribution in [0.15, 0.2) is 23.1 Å². The summed E-state index contributed by atoms with van der Waals surface area (Å²) < 4.78 is 35.8. The monoisotopic (exact) mass is 230 g/mol. The number of nitrogens with one attached hydrogen (secondary N) is 1. The van der Waals surface area contributed by atoms with Crippen molar-refractivity contribution in [1.82, 2.24) is 5.73 Å². The van der Waals surface area contributed by atoms with Crippen molar-refractivity contribution in [3.63, 3.8) is 0 Å². The van der Waals surface area contributed by atoms with Crippen LogP contribution in [-0.2, 0) is 16.5 Å².